The van der Waals surface area contributed by atoms with Crippen LogP contribution in [-0.2, 0) is 9.59 Å². The Morgan fingerprint density at radius 1 is 1.47 bits per heavy atom. The summed E-state index contributed by atoms with van der Waals surface area (Å²) >= 11 is 0. The second kappa shape index (κ2) is 5.01. The lowest BCUT2D eigenvalue weighted by Gasteiger charge is -2.04. The fourth-order valence-corrected chi connectivity index (χ4v) is 1.10. The zero-order valence-electron chi connectivity index (χ0n) is 8.34. The van der Waals surface area contributed by atoms with E-state index in [1.165, 1.54) is 0 Å². The number of amides is 1. The van der Waals surface area contributed by atoms with Crippen LogP contribution in [0.5, 0.6) is 0 Å². The van der Waals surface area contributed by atoms with E-state index in [1.807, 2.05) is 5.32 Å². The number of carboxylic acids is 1. The monoisotopic (exact) mass is 242 g/mol. The summed E-state index contributed by atoms with van der Waals surface area (Å²) in [6, 6.07) is 2.49. The minimum atomic E-state index is -1.39. The number of carboxylic acid groups (broad SMARTS) is 1. The van der Waals surface area contributed by atoms with Gasteiger partial charge in [-0.2, -0.15) is 0 Å². The topological polar surface area (TPSA) is 110 Å². The molecule has 1 rings (SSSR count). The van der Waals surface area contributed by atoms with Gasteiger partial charge >= 0.3 is 5.97 Å². The number of halogens is 1. The third kappa shape index (κ3) is 3.52. The van der Waals surface area contributed by atoms with Gasteiger partial charge in [-0.3, -0.25) is 19.7 Å². The van der Waals surface area contributed by atoms with Crippen molar-refractivity contribution in [3.8, 4) is 0 Å². The van der Waals surface area contributed by atoms with E-state index in [4.69, 9.17) is 5.11 Å². The minimum absolute atomic E-state index is 0.374. The van der Waals surface area contributed by atoms with Crippen LogP contribution < -0.4 is 5.32 Å². The molecule has 0 aromatic heterocycles. The van der Waals surface area contributed by atoms with Crippen molar-refractivity contribution in [1.82, 2.24) is 0 Å². The molecule has 17 heavy (non-hydrogen) atoms. The first kappa shape index (κ1) is 12.6. The number of aliphatic carboxylic acids is 1. The fourth-order valence-electron chi connectivity index (χ4n) is 1.10. The minimum Gasteiger partial charge on any atom is -0.481 e. The van der Waals surface area contributed by atoms with E-state index in [0.717, 1.165) is 18.2 Å². The first-order chi connectivity index (χ1) is 7.90. The molecule has 0 radical (unpaired) electrons. The maximum atomic E-state index is 12.8. The van der Waals surface area contributed by atoms with E-state index in [9.17, 15) is 24.1 Å². The van der Waals surface area contributed by atoms with E-state index in [-0.39, 0.29) is 5.69 Å². The lowest BCUT2D eigenvalue weighted by atomic mass is 10.2. The third-order valence-electron chi connectivity index (χ3n) is 1.74. The van der Waals surface area contributed by atoms with Crippen molar-refractivity contribution in [3.63, 3.8) is 0 Å². The molecule has 0 atom stereocenters. The van der Waals surface area contributed by atoms with Gasteiger partial charge in [0.2, 0.25) is 5.91 Å². The number of nitrogens with zero attached hydrogens (tertiary/aromatic N) is 1. The normalized spacial score (nSPS) is 9.71. The molecule has 8 heteroatoms. The molecule has 0 saturated heterocycles. The summed E-state index contributed by atoms with van der Waals surface area (Å²) in [5, 5.41) is 20.8. The first-order valence-electron chi connectivity index (χ1n) is 4.35. The molecule has 0 bridgehead atoms. The summed E-state index contributed by atoms with van der Waals surface area (Å²) in [5.74, 6) is -3.13. The standard InChI is InChI=1S/C9H7FN2O5/c10-5-1-2-7(12(16)17)6(3-5)11-8(13)4-9(14)15/h1-3H,4H2,(H,11,13)(H,14,15). The van der Waals surface area contributed by atoms with Gasteiger partial charge < -0.3 is 10.4 Å². The SMILES string of the molecule is O=C(O)CC(=O)Nc1cc(F)ccc1[N+](=O)[O-]. The summed E-state index contributed by atoms with van der Waals surface area (Å²) in [7, 11) is 0. The highest BCUT2D eigenvalue weighted by Gasteiger charge is 2.17. The zero-order chi connectivity index (χ0) is 13.0. The van der Waals surface area contributed by atoms with Crippen LogP contribution in [0.2, 0.25) is 0 Å². The summed E-state index contributed by atoms with van der Waals surface area (Å²) in [4.78, 5) is 31.0. The summed E-state index contributed by atoms with van der Waals surface area (Å²) in [6.07, 6.45) is -0.854. The Hall–Kier alpha value is -2.51. The Morgan fingerprint density at radius 2 is 2.12 bits per heavy atom. The van der Waals surface area contributed by atoms with Crippen molar-refractivity contribution in [3.05, 3.63) is 34.1 Å². The summed E-state index contributed by atoms with van der Waals surface area (Å²) < 4.78 is 12.8. The molecule has 0 spiro atoms. The molecule has 0 fully saturated rings. The van der Waals surface area contributed by atoms with Crippen molar-refractivity contribution in [2.75, 3.05) is 5.32 Å². The number of carbonyl (C=O) groups is 2. The maximum Gasteiger partial charge on any atom is 0.312 e. The molecular formula is C9H7FN2O5. The largest absolute Gasteiger partial charge is 0.481 e. The summed E-state index contributed by atoms with van der Waals surface area (Å²) in [6.45, 7) is 0. The highest BCUT2D eigenvalue weighted by Crippen LogP contribution is 2.24. The highest BCUT2D eigenvalue weighted by atomic mass is 19.1. The Labute approximate surface area is 94.0 Å². The molecule has 7 nitrogen and oxygen atoms in total. The quantitative estimate of drug-likeness (QED) is 0.467. The molecule has 1 aromatic rings. The third-order valence-corrected chi connectivity index (χ3v) is 1.74. The zero-order valence-corrected chi connectivity index (χ0v) is 8.34. The van der Waals surface area contributed by atoms with Gasteiger partial charge in [0.05, 0.1) is 4.92 Å². The van der Waals surface area contributed by atoms with Crippen molar-refractivity contribution >= 4 is 23.3 Å². The first-order valence-corrected chi connectivity index (χ1v) is 4.35. The van der Waals surface area contributed by atoms with Gasteiger partial charge in [-0.15, -0.1) is 0 Å². The molecule has 2 N–H and O–H groups in total. The van der Waals surface area contributed by atoms with Gasteiger partial charge in [0.25, 0.3) is 5.69 Å². The molecule has 0 heterocycles. The van der Waals surface area contributed by atoms with E-state index in [0.29, 0.717) is 0 Å². The molecule has 1 aromatic carbocycles. The van der Waals surface area contributed by atoms with E-state index >= 15 is 0 Å². The van der Waals surface area contributed by atoms with Crippen molar-refractivity contribution in [2.24, 2.45) is 0 Å². The van der Waals surface area contributed by atoms with Gasteiger partial charge in [-0.05, 0) is 6.07 Å². The van der Waals surface area contributed by atoms with Gasteiger partial charge in [0, 0.05) is 12.1 Å². The van der Waals surface area contributed by atoms with Gasteiger partial charge in [0.15, 0.2) is 0 Å². The van der Waals surface area contributed by atoms with Crippen LogP contribution in [0.1, 0.15) is 6.42 Å². The van der Waals surface area contributed by atoms with E-state index in [2.05, 4.69) is 0 Å². The van der Waals surface area contributed by atoms with Crippen LogP contribution in [-0.4, -0.2) is 21.9 Å². The molecule has 90 valence electrons. The van der Waals surface area contributed by atoms with Gasteiger partial charge in [0.1, 0.15) is 17.9 Å². The number of rotatable bonds is 4. The lowest BCUT2D eigenvalue weighted by molar-refractivity contribution is -0.384. The predicted octanol–water partition coefficient (Wildman–Crippen LogP) is 1.15. The number of nitro groups is 1. The molecule has 1 amide bonds. The Kier molecular flexibility index (Phi) is 3.70. The Morgan fingerprint density at radius 3 is 2.65 bits per heavy atom. The van der Waals surface area contributed by atoms with E-state index in [1.54, 1.807) is 0 Å². The van der Waals surface area contributed by atoms with Gasteiger partial charge in [-0.1, -0.05) is 0 Å². The molecule has 0 aliphatic rings. The average molecular weight is 242 g/mol. The van der Waals surface area contributed by atoms with Crippen LogP contribution in [0.15, 0.2) is 18.2 Å². The molecular weight excluding hydrogens is 235 g/mol. The molecule has 0 aliphatic heterocycles. The second-order valence-electron chi connectivity index (χ2n) is 3.04. The summed E-state index contributed by atoms with van der Waals surface area (Å²) in [5.41, 5.74) is -0.883. The lowest BCUT2D eigenvalue weighted by Crippen LogP contribution is -2.16. The number of anilines is 1. The number of hydrogen-bond acceptors (Lipinski definition) is 4. The molecule has 0 saturated carbocycles. The fraction of sp³-hybridized carbons (Fsp3) is 0.111. The number of benzene rings is 1. The smallest absolute Gasteiger partial charge is 0.312 e. The number of hydrogen-bond donors (Lipinski definition) is 2. The van der Waals surface area contributed by atoms with Crippen LogP contribution in [0, 0.1) is 15.9 Å². The average Bonchev–Trinajstić information content (AvgIpc) is 2.15. The van der Waals surface area contributed by atoms with Crippen LogP contribution in [0.25, 0.3) is 0 Å². The maximum absolute atomic E-state index is 12.8. The Bertz CT molecular complexity index is 488. The highest BCUT2D eigenvalue weighted by molar-refractivity contribution is 6.02. The van der Waals surface area contributed by atoms with E-state index < -0.39 is 34.7 Å². The Balaban J connectivity index is 2.96. The predicted molar refractivity (Wildman–Crippen MR) is 53.9 cm³/mol. The van der Waals surface area contributed by atoms with Crippen LogP contribution >= 0.6 is 0 Å². The molecule has 0 aliphatic carbocycles. The van der Waals surface area contributed by atoms with Crippen molar-refractivity contribution < 1.29 is 24.0 Å². The number of nitrogens with one attached hydrogen (secondary N) is 1. The molecule has 0 unspecified atom stereocenters. The van der Waals surface area contributed by atoms with Crippen LogP contribution in [0.4, 0.5) is 15.8 Å². The van der Waals surface area contributed by atoms with Gasteiger partial charge in [-0.25, -0.2) is 4.39 Å². The number of nitro benzene ring substituents is 1. The van der Waals surface area contributed by atoms with Crippen molar-refractivity contribution in [1.29, 1.82) is 0 Å². The van der Waals surface area contributed by atoms with Crippen LogP contribution in [0.3, 0.4) is 0 Å². The van der Waals surface area contributed by atoms with Crippen molar-refractivity contribution in [2.45, 2.75) is 6.42 Å². The number of carbonyl (C=O) groups excluding carboxylic acids is 1. The second-order valence-corrected chi connectivity index (χ2v) is 3.04.